The van der Waals surface area contributed by atoms with Crippen molar-refractivity contribution >= 4 is 21.8 Å². The first-order valence-corrected chi connectivity index (χ1v) is 7.42. The van der Waals surface area contributed by atoms with Gasteiger partial charge in [-0.2, -0.15) is 0 Å². The highest BCUT2D eigenvalue weighted by atomic mass is 79.9. The zero-order valence-corrected chi connectivity index (χ0v) is 12.4. The number of hydrogen-bond donors (Lipinski definition) is 2. The maximum absolute atomic E-state index is 11.4. The van der Waals surface area contributed by atoms with Gasteiger partial charge in [-0.3, -0.25) is 4.79 Å². The summed E-state index contributed by atoms with van der Waals surface area (Å²) in [6.07, 6.45) is 2.81. The molecule has 19 heavy (non-hydrogen) atoms. The highest BCUT2D eigenvalue weighted by Crippen LogP contribution is 2.18. The van der Waals surface area contributed by atoms with Crippen LogP contribution in [-0.4, -0.2) is 31.6 Å². The molecule has 1 fully saturated rings. The molecule has 0 bridgehead atoms. The standard InChI is InChI=1S/C14H19BrN2O2/c15-11-1-5-13(6-2-11)19-10-9-16-8-7-14(18)17-12-3-4-12/h1-2,5-6,12,16H,3-4,7-10H2,(H,17,18). The molecule has 0 atom stereocenters. The monoisotopic (exact) mass is 326 g/mol. The first-order chi connectivity index (χ1) is 9.24. The molecule has 0 aromatic heterocycles. The van der Waals surface area contributed by atoms with E-state index in [9.17, 15) is 4.79 Å². The number of halogens is 1. The second-order valence-corrected chi connectivity index (χ2v) is 5.56. The minimum atomic E-state index is 0.142. The van der Waals surface area contributed by atoms with E-state index in [0.29, 0.717) is 25.6 Å². The molecule has 4 nitrogen and oxygen atoms in total. The summed E-state index contributed by atoms with van der Waals surface area (Å²) in [6.45, 7) is 2.04. The molecule has 2 rings (SSSR count). The minimum absolute atomic E-state index is 0.142. The van der Waals surface area contributed by atoms with Crippen LogP contribution in [-0.2, 0) is 4.79 Å². The summed E-state index contributed by atoms with van der Waals surface area (Å²) in [7, 11) is 0. The number of nitrogens with one attached hydrogen (secondary N) is 2. The molecule has 1 saturated carbocycles. The van der Waals surface area contributed by atoms with Gasteiger partial charge in [0.1, 0.15) is 12.4 Å². The zero-order valence-electron chi connectivity index (χ0n) is 10.8. The molecule has 1 aromatic rings. The van der Waals surface area contributed by atoms with Crippen LogP contribution in [0.25, 0.3) is 0 Å². The van der Waals surface area contributed by atoms with Gasteiger partial charge in [0, 0.05) is 30.0 Å². The summed E-state index contributed by atoms with van der Waals surface area (Å²) < 4.78 is 6.60. The summed E-state index contributed by atoms with van der Waals surface area (Å²) in [5.74, 6) is 1.00. The van der Waals surface area contributed by atoms with Gasteiger partial charge in [0.25, 0.3) is 0 Å². The molecule has 2 N–H and O–H groups in total. The Balaban J connectivity index is 1.47. The highest BCUT2D eigenvalue weighted by Gasteiger charge is 2.22. The third kappa shape index (κ3) is 6.07. The fraction of sp³-hybridized carbons (Fsp3) is 0.500. The van der Waals surface area contributed by atoms with Gasteiger partial charge in [-0.15, -0.1) is 0 Å². The third-order valence-electron chi connectivity index (χ3n) is 2.83. The maximum atomic E-state index is 11.4. The van der Waals surface area contributed by atoms with Crippen molar-refractivity contribution in [2.24, 2.45) is 0 Å². The number of hydrogen-bond acceptors (Lipinski definition) is 3. The first kappa shape index (κ1) is 14.3. The smallest absolute Gasteiger partial charge is 0.221 e. The van der Waals surface area contributed by atoms with Crippen molar-refractivity contribution in [3.05, 3.63) is 28.7 Å². The molecule has 0 radical (unpaired) electrons. The Hall–Kier alpha value is -1.07. The van der Waals surface area contributed by atoms with Crippen molar-refractivity contribution in [3.63, 3.8) is 0 Å². The van der Waals surface area contributed by atoms with E-state index in [1.807, 2.05) is 24.3 Å². The Bertz CT molecular complexity index is 404. The number of carbonyl (C=O) groups is 1. The van der Waals surface area contributed by atoms with Crippen LogP contribution in [0.2, 0.25) is 0 Å². The Kier molecular flexibility index (Phi) is 5.66. The van der Waals surface area contributed by atoms with E-state index in [2.05, 4.69) is 26.6 Å². The lowest BCUT2D eigenvalue weighted by Gasteiger charge is -2.08. The van der Waals surface area contributed by atoms with Crippen molar-refractivity contribution in [2.75, 3.05) is 19.7 Å². The summed E-state index contributed by atoms with van der Waals surface area (Å²) in [4.78, 5) is 11.4. The van der Waals surface area contributed by atoms with E-state index in [1.54, 1.807) is 0 Å². The Morgan fingerprint density at radius 3 is 2.68 bits per heavy atom. The molecule has 1 aromatic carbocycles. The molecule has 0 unspecified atom stereocenters. The summed E-state index contributed by atoms with van der Waals surface area (Å²) in [6, 6.07) is 8.20. The van der Waals surface area contributed by atoms with Gasteiger partial charge in [-0.1, -0.05) is 15.9 Å². The quantitative estimate of drug-likeness (QED) is 0.719. The van der Waals surface area contributed by atoms with Crippen molar-refractivity contribution in [3.8, 4) is 5.75 Å². The molecule has 1 aliphatic rings. The van der Waals surface area contributed by atoms with Crippen molar-refractivity contribution in [1.82, 2.24) is 10.6 Å². The Labute approximate surface area is 122 Å². The van der Waals surface area contributed by atoms with E-state index in [-0.39, 0.29) is 5.91 Å². The lowest BCUT2D eigenvalue weighted by atomic mass is 10.3. The molecule has 5 heteroatoms. The molecule has 104 valence electrons. The molecule has 1 aliphatic carbocycles. The Morgan fingerprint density at radius 2 is 2.00 bits per heavy atom. The van der Waals surface area contributed by atoms with Crippen molar-refractivity contribution in [2.45, 2.75) is 25.3 Å². The first-order valence-electron chi connectivity index (χ1n) is 6.62. The lowest BCUT2D eigenvalue weighted by molar-refractivity contribution is -0.121. The molecule has 0 saturated heterocycles. The predicted molar refractivity (Wildman–Crippen MR) is 78.3 cm³/mol. The van der Waals surface area contributed by atoms with Crippen LogP contribution in [0.1, 0.15) is 19.3 Å². The van der Waals surface area contributed by atoms with Crippen molar-refractivity contribution in [1.29, 1.82) is 0 Å². The highest BCUT2D eigenvalue weighted by molar-refractivity contribution is 9.10. The van der Waals surface area contributed by atoms with Crippen LogP contribution in [0.4, 0.5) is 0 Å². The second-order valence-electron chi connectivity index (χ2n) is 4.64. The largest absolute Gasteiger partial charge is 0.492 e. The van der Waals surface area contributed by atoms with Crippen molar-refractivity contribution < 1.29 is 9.53 Å². The van der Waals surface area contributed by atoms with E-state index in [0.717, 1.165) is 29.6 Å². The van der Waals surface area contributed by atoms with Gasteiger partial charge in [-0.25, -0.2) is 0 Å². The van der Waals surface area contributed by atoms with Crippen LogP contribution in [0, 0.1) is 0 Å². The second kappa shape index (κ2) is 7.50. The van der Waals surface area contributed by atoms with E-state index in [4.69, 9.17) is 4.74 Å². The van der Waals surface area contributed by atoms with Crippen LogP contribution < -0.4 is 15.4 Å². The fourth-order valence-electron chi connectivity index (χ4n) is 1.63. The van der Waals surface area contributed by atoms with Gasteiger partial charge in [-0.05, 0) is 37.1 Å². The van der Waals surface area contributed by atoms with Gasteiger partial charge in [0.2, 0.25) is 5.91 Å². The average Bonchev–Trinajstić information content (AvgIpc) is 3.19. The SMILES string of the molecule is O=C(CCNCCOc1ccc(Br)cc1)NC1CC1. The fourth-order valence-corrected chi connectivity index (χ4v) is 1.89. The normalized spacial score (nSPS) is 14.2. The van der Waals surface area contributed by atoms with Crippen LogP contribution in [0.5, 0.6) is 5.75 Å². The van der Waals surface area contributed by atoms with Gasteiger partial charge < -0.3 is 15.4 Å². The van der Waals surface area contributed by atoms with E-state index < -0.39 is 0 Å². The number of amides is 1. The third-order valence-corrected chi connectivity index (χ3v) is 3.36. The molecule has 0 heterocycles. The van der Waals surface area contributed by atoms with Crippen LogP contribution in [0.15, 0.2) is 28.7 Å². The van der Waals surface area contributed by atoms with Gasteiger partial charge >= 0.3 is 0 Å². The average molecular weight is 327 g/mol. The van der Waals surface area contributed by atoms with Crippen LogP contribution in [0.3, 0.4) is 0 Å². The predicted octanol–water partition coefficient (Wildman–Crippen LogP) is 2.09. The lowest BCUT2D eigenvalue weighted by Crippen LogP contribution is -2.30. The summed E-state index contributed by atoms with van der Waals surface area (Å²) >= 11 is 3.38. The molecule has 1 amide bonds. The number of benzene rings is 1. The van der Waals surface area contributed by atoms with E-state index >= 15 is 0 Å². The molecule has 0 aliphatic heterocycles. The van der Waals surface area contributed by atoms with Gasteiger partial charge in [0.05, 0.1) is 0 Å². The van der Waals surface area contributed by atoms with E-state index in [1.165, 1.54) is 0 Å². The van der Waals surface area contributed by atoms with Crippen LogP contribution >= 0.6 is 15.9 Å². The maximum Gasteiger partial charge on any atom is 0.221 e. The Morgan fingerprint density at radius 1 is 1.26 bits per heavy atom. The molecular weight excluding hydrogens is 308 g/mol. The summed E-state index contributed by atoms with van der Waals surface area (Å²) in [5.41, 5.74) is 0. The minimum Gasteiger partial charge on any atom is -0.492 e. The zero-order chi connectivity index (χ0) is 13.5. The van der Waals surface area contributed by atoms with Gasteiger partial charge in [0.15, 0.2) is 0 Å². The number of ether oxygens (including phenoxy) is 1. The number of carbonyl (C=O) groups excluding carboxylic acids is 1. The molecule has 0 spiro atoms. The number of rotatable bonds is 8. The summed E-state index contributed by atoms with van der Waals surface area (Å²) in [5, 5.41) is 6.16. The topological polar surface area (TPSA) is 50.4 Å². The molecular formula is C14H19BrN2O2.